The van der Waals surface area contributed by atoms with Gasteiger partial charge in [0.25, 0.3) is 0 Å². The zero-order chi connectivity index (χ0) is 30.8. The molecule has 1 aromatic rings. The summed E-state index contributed by atoms with van der Waals surface area (Å²) in [5.41, 5.74) is 1.25. The third-order valence-electron chi connectivity index (χ3n) is 7.77. The van der Waals surface area contributed by atoms with E-state index in [4.69, 9.17) is 24.2 Å². The number of ether oxygens (including phenoxy) is 4. The summed E-state index contributed by atoms with van der Waals surface area (Å²) in [6.45, 7) is 10.8. The van der Waals surface area contributed by atoms with E-state index in [9.17, 15) is 14.9 Å². The van der Waals surface area contributed by atoms with Crippen molar-refractivity contribution in [2.45, 2.75) is 83.5 Å². The lowest BCUT2D eigenvalue weighted by atomic mass is 10.1. The summed E-state index contributed by atoms with van der Waals surface area (Å²) in [4.78, 5) is 44.4. The zero-order valence-corrected chi connectivity index (χ0v) is 25.9. The highest BCUT2D eigenvalue weighted by Gasteiger charge is 2.35. The number of hydrogen-bond acceptors (Lipinski definition) is 12. The Morgan fingerprint density at radius 2 is 1.98 bits per heavy atom. The number of likely N-dealkylation sites (tertiary alicyclic amines) is 1. The van der Waals surface area contributed by atoms with Crippen LogP contribution < -0.4 is 9.64 Å². The van der Waals surface area contributed by atoms with E-state index in [1.165, 1.54) is 7.11 Å². The molecule has 1 amide bonds. The quantitative estimate of drug-likeness (QED) is 0.258. The normalized spacial score (nSPS) is 20.4. The number of anilines is 1. The van der Waals surface area contributed by atoms with Crippen LogP contribution in [-0.4, -0.2) is 115 Å². The van der Waals surface area contributed by atoms with E-state index in [0.29, 0.717) is 58.4 Å². The van der Waals surface area contributed by atoms with Gasteiger partial charge >= 0.3 is 18.1 Å². The Bertz CT molecular complexity index is 1180. The molecule has 4 heterocycles. The molecular formula is C30H45N7O6. The van der Waals surface area contributed by atoms with Crippen molar-refractivity contribution in [2.75, 3.05) is 64.6 Å². The van der Waals surface area contributed by atoms with E-state index in [2.05, 4.69) is 25.6 Å². The van der Waals surface area contributed by atoms with E-state index in [1.54, 1.807) is 4.90 Å². The monoisotopic (exact) mass is 599 g/mol. The SMILES string of the molecule is COC(=O)CCOCCCN1CCC[C@H]1COc1nc2c(c(N3CCN(C(=O)OC(C)(C)C)[C@@H](CC#N)C3)n1)CC=NC2. The zero-order valence-electron chi connectivity index (χ0n) is 25.9. The molecule has 13 nitrogen and oxygen atoms in total. The van der Waals surface area contributed by atoms with Crippen LogP contribution in [-0.2, 0) is 32.0 Å². The molecule has 0 spiro atoms. The number of methoxy groups -OCH3 is 1. The first-order chi connectivity index (χ1) is 20.7. The number of piperazine rings is 1. The molecule has 0 bridgehead atoms. The van der Waals surface area contributed by atoms with Crippen molar-refractivity contribution in [1.29, 1.82) is 5.26 Å². The number of rotatable bonds is 12. The Morgan fingerprint density at radius 1 is 1.14 bits per heavy atom. The molecule has 4 rings (SSSR count). The molecular weight excluding hydrogens is 554 g/mol. The molecule has 2 fully saturated rings. The Kier molecular flexibility index (Phi) is 11.5. The second kappa shape index (κ2) is 15.3. The molecule has 0 aromatic carbocycles. The Morgan fingerprint density at radius 3 is 2.74 bits per heavy atom. The largest absolute Gasteiger partial charge is 0.469 e. The molecule has 2 atom stereocenters. The number of fused-ring (bicyclic) bond motifs is 1. The predicted molar refractivity (Wildman–Crippen MR) is 159 cm³/mol. The van der Waals surface area contributed by atoms with Gasteiger partial charge in [0.15, 0.2) is 0 Å². The second-order valence-corrected chi connectivity index (χ2v) is 12.1. The Balaban J connectivity index is 1.38. The lowest BCUT2D eigenvalue weighted by Gasteiger charge is -2.42. The number of aliphatic imine (C=N–C) groups is 1. The molecule has 0 saturated carbocycles. The fourth-order valence-corrected chi connectivity index (χ4v) is 5.63. The maximum absolute atomic E-state index is 12.9. The molecule has 0 unspecified atom stereocenters. The van der Waals surface area contributed by atoms with Gasteiger partial charge in [-0.25, -0.2) is 4.79 Å². The third-order valence-corrected chi connectivity index (χ3v) is 7.77. The molecule has 2 saturated heterocycles. The van der Waals surface area contributed by atoms with E-state index in [-0.39, 0.29) is 30.9 Å². The minimum Gasteiger partial charge on any atom is -0.469 e. The number of amides is 1. The number of hydrogen-bond donors (Lipinski definition) is 0. The molecule has 1 aromatic heterocycles. The summed E-state index contributed by atoms with van der Waals surface area (Å²) in [6, 6.07) is 2.50. The van der Waals surface area contributed by atoms with Crippen molar-refractivity contribution in [3.8, 4) is 12.1 Å². The van der Waals surface area contributed by atoms with Crippen LogP contribution in [0.3, 0.4) is 0 Å². The van der Waals surface area contributed by atoms with Crippen LogP contribution in [0, 0.1) is 11.3 Å². The number of aromatic nitrogens is 2. The lowest BCUT2D eigenvalue weighted by molar-refractivity contribution is -0.141. The molecule has 236 valence electrons. The van der Waals surface area contributed by atoms with Crippen LogP contribution in [0.15, 0.2) is 4.99 Å². The maximum atomic E-state index is 12.9. The van der Waals surface area contributed by atoms with Gasteiger partial charge in [0, 0.05) is 57.0 Å². The number of esters is 1. The highest BCUT2D eigenvalue weighted by atomic mass is 16.6. The van der Waals surface area contributed by atoms with E-state index in [0.717, 1.165) is 49.4 Å². The first kappa shape index (κ1) is 32.4. The topological polar surface area (TPSA) is 143 Å². The Hall–Kier alpha value is -3.50. The van der Waals surface area contributed by atoms with Gasteiger partial charge in [0.1, 0.15) is 18.0 Å². The van der Waals surface area contributed by atoms with E-state index < -0.39 is 11.7 Å². The predicted octanol–water partition coefficient (Wildman–Crippen LogP) is 2.76. The van der Waals surface area contributed by atoms with Gasteiger partial charge in [0.2, 0.25) is 0 Å². The van der Waals surface area contributed by atoms with Crippen molar-refractivity contribution >= 4 is 24.1 Å². The van der Waals surface area contributed by atoms with Gasteiger partial charge in [0.05, 0.1) is 50.9 Å². The summed E-state index contributed by atoms with van der Waals surface area (Å²) < 4.78 is 22.1. The van der Waals surface area contributed by atoms with Gasteiger partial charge in [-0.2, -0.15) is 15.2 Å². The van der Waals surface area contributed by atoms with Crippen molar-refractivity contribution in [3.63, 3.8) is 0 Å². The summed E-state index contributed by atoms with van der Waals surface area (Å²) in [5, 5.41) is 9.52. The van der Waals surface area contributed by atoms with Gasteiger partial charge in [-0.3, -0.25) is 14.7 Å². The van der Waals surface area contributed by atoms with Crippen LogP contribution in [0.2, 0.25) is 0 Å². The van der Waals surface area contributed by atoms with Crippen molar-refractivity contribution in [2.24, 2.45) is 4.99 Å². The molecule has 0 radical (unpaired) electrons. The fraction of sp³-hybridized carbons (Fsp3) is 0.733. The smallest absolute Gasteiger partial charge is 0.410 e. The average molecular weight is 600 g/mol. The average Bonchev–Trinajstić information content (AvgIpc) is 3.43. The molecule has 3 aliphatic rings. The number of carbonyl (C=O) groups excluding carboxylic acids is 2. The Labute approximate surface area is 254 Å². The number of carbonyl (C=O) groups is 2. The van der Waals surface area contributed by atoms with Crippen molar-refractivity contribution in [3.05, 3.63) is 11.3 Å². The second-order valence-electron chi connectivity index (χ2n) is 12.1. The fourth-order valence-electron chi connectivity index (χ4n) is 5.63. The van der Waals surface area contributed by atoms with Crippen molar-refractivity contribution < 1.29 is 28.5 Å². The van der Waals surface area contributed by atoms with Crippen LogP contribution in [0.1, 0.15) is 64.1 Å². The number of nitriles is 1. The van der Waals surface area contributed by atoms with Crippen LogP contribution in [0.25, 0.3) is 0 Å². The first-order valence-corrected chi connectivity index (χ1v) is 15.2. The van der Waals surface area contributed by atoms with E-state index in [1.807, 2.05) is 27.0 Å². The van der Waals surface area contributed by atoms with Gasteiger partial charge < -0.3 is 28.7 Å². The van der Waals surface area contributed by atoms with Gasteiger partial charge in [-0.15, -0.1) is 0 Å². The van der Waals surface area contributed by atoms with Crippen LogP contribution >= 0.6 is 0 Å². The van der Waals surface area contributed by atoms with Gasteiger partial charge in [-0.1, -0.05) is 0 Å². The van der Waals surface area contributed by atoms with Gasteiger partial charge in [-0.05, 0) is 46.6 Å². The first-order valence-electron chi connectivity index (χ1n) is 15.2. The number of nitrogens with zero attached hydrogens (tertiary/aromatic N) is 7. The third kappa shape index (κ3) is 9.24. The van der Waals surface area contributed by atoms with Crippen LogP contribution in [0.5, 0.6) is 6.01 Å². The molecule has 3 aliphatic heterocycles. The molecule has 13 heteroatoms. The maximum Gasteiger partial charge on any atom is 0.410 e. The molecule has 0 N–H and O–H groups in total. The van der Waals surface area contributed by atoms with E-state index >= 15 is 0 Å². The van der Waals surface area contributed by atoms with Crippen molar-refractivity contribution in [1.82, 2.24) is 19.8 Å². The summed E-state index contributed by atoms with van der Waals surface area (Å²) >= 11 is 0. The highest BCUT2D eigenvalue weighted by Crippen LogP contribution is 2.30. The lowest BCUT2D eigenvalue weighted by Crippen LogP contribution is -2.56. The summed E-state index contributed by atoms with van der Waals surface area (Å²) in [5.74, 6) is 0.520. The molecule has 43 heavy (non-hydrogen) atoms. The highest BCUT2D eigenvalue weighted by molar-refractivity contribution is 5.71. The minimum atomic E-state index is -0.614. The molecule has 0 aliphatic carbocycles. The standard InChI is InChI=1S/C30H45N7O6/c1-30(2,3)43-29(39)37-16-15-36(20-22(37)8-11-31)27-24-9-12-32-19-25(24)33-28(34-27)42-21-23-7-5-13-35(23)14-6-17-41-18-10-26(38)40-4/h12,22-23H,5-10,13-21H2,1-4H3/t22-,23-/m0/s1. The summed E-state index contributed by atoms with van der Waals surface area (Å²) in [7, 11) is 1.38. The summed E-state index contributed by atoms with van der Waals surface area (Å²) in [6.07, 6.45) is 5.58. The van der Waals surface area contributed by atoms with Crippen LogP contribution in [0.4, 0.5) is 10.6 Å². The minimum absolute atomic E-state index is 0.196.